The number of hydrogen-bond donors (Lipinski definition) is 2. The zero-order valence-corrected chi connectivity index (χ0v) is 7.11. The number of carboxylic acids is 1. The maximum atomic E-state index is 11.0. The molecule has 72 valence electrons. The zero-order chi connectivity index (χ0) is 9.84. The summed E-state index contributed by atoms with van der Waals surface area (Å²) in [5.41, 5.74) is 0.136. The fourth-order valence-electron chi connectivity index (χ4n) is 0.931. The minimum Gasteiger partial charge on any atom is -0.478 e. The van der Waals surface area contributed by atoms with E-state index in [0.717, 1.165) is 4.90 Å². The Morgan fingerprint density at radius 2 is 2.54 bits per heavy atom. The lowest BCUT2D eigenvalue weighted by atomic mass is 10.2. The Bertz CT molecular complexity index is 261. The SMILES string of the molecule is COCN1C=C(C(=O)O)CNC1=O. The predicted molar refractivity (Wildman–Crippen MR) is 42.8 cm³/mol. The van der Waals surface area contributed by atoms with Crippen molar-refractivity contribution >= 4 is 12.0 Å². The molecule has 0 saturated heterocycles. The van der Waals surface area contributed by atoms with Gasteiger partial charge in [0.15, 0.2) is 0 Å². The van der Waals surface area contributed by atoms with Gasteiger partial charge in [-0.2, -0.15) is 0 Å². The van der Waals surface area contributed by atoms with E-state index in [1.54, 1.807) is 0 Å². The van der Waals surface area contributed by atoms with Crippen molar-refractivity contribution in [3.63, 3.8) is 0 Å². The number of nitrogens with zero attached hydrogens (tertiary/aromatic N) is 1. The highest BCUT2D eigenvalue weighted by Gasteiger charge is 2.20. The molecule has 0 radical (unpaired) electrons. The maximum absolute atomic E-state index is 11.0. The molecule has 0 aromatic heterocycles. The molecule has 0 saturated carbocycles. The van der Waals surface area contributed by atoms with Gasteiger partial charge in [-0.15, -0.1) is 0 Å². The number of amides is 2. The number of methoxy groups -OCH3 is 1. The predicted octanol–water partition coefficient (Wildman–Crippen LogP) is -0.416. The van der Waals surface area contributed by atoms with Gasteiger partial charge in [0.25, 0.3) is 0 Å². The van der Waals surface area contributed by atoms with Crippen LogP contribution in [0.5, 0.6) is 0 Å². The number of aliphatic carboxylic acids is 1. The molecule has 6 heteroatoms. The van der Waals surface area contributed by atoms with Crippen LogP contribution in [0.25, 0.3) is 0 Å². The van der Waals surface area contributed by atoms with Gasteiger partial charge in [0.05, 0.1) is 12.1 Å². The summed E-state index contributed by atoms with van der Waals surface area (Å²) >= 11 is 0. The summed E-state index contributed by atoms with van der Waals surface area (Å²) in [5, 5.41) is 11.0. The van der Waals surface area contributed by atoms with Gasteiger partial charge >= 0.3 is 12.0 Å². The molecule has 1 heterocycles. The first-order chi connectivity index (χ1) is 6.15. The summed E-state index contributed by atoms with van der Waals surface area (Å²) in [5.74, 6) is -1.04. The quantitative estimate of drug-likeness (QED) is 0.627. The van der Waals surface area contributed by atoms with Gasteiger partial charge in [0.1, 0.15) is 6.73 Å². The van der Waals surface area contributed by atoms with Crippen molar-refractivity contribution in [3.8, 4) is 0 Å². The highest BCUT2D eigenvalue weighted by atomic mass is 16.5. The van der Waals surface area contributed by atoms with Crippen molar-refractivity contribution in [1.82, 2.24) is 10.2 Å². The number of nitrogens with one attached hydrogen (secondary N) is 1. The van der Waals surface area contributed by atoms with E-state index in [9.17, 15) is 9.59 Å². The molecule has 0 spiro atoms. The number of ether oxygens (including phenoxy) is 1. The van der Waals surface area contributed by atoms with Crippen molar-refractivity contribution in [2.24, 2.45) is 0 Å². The van der Waals surface area contributed by atoms with Crippen molar-refractivity contribution in [2.75, 3.05) is 20.4 Å². The first kappa shape index (κ1) is 9.53. The van der Waals surface area contributed by atoms with Crippen LogP contribution in [-0.4, -0.2) is 42.4 Å². The van der Waals surface area contributed by atoms with Gasteiger partial charge in [-0.25, -0.2) is 9.59 Å². The molecule has 6 nitrogen and oxygen atoms in total. The van der Waals surface area contributed by atoms with Crippen LogP contribution >= 0.6 is 0 Å². The van der Waals surface area contributed by atoms with Crippen molar-refractivity contribution < 1.29 is 19.4 Å². The Labute approximate surface area is 74.8 Å². The molecule has 1 aliphatic rings. The van der Waals surface area contributed by atoms with Gasteiger partial charge in [-0.1, -0.05) is 0 Å². The average Bonchev–Trinajstić information content (AvgIpc) is 2.08. The molecule has 0 aliphatic carbocycles. The minimum absolute atomic E-state index is 0.0443. The van der Waals surface area contributed by atoms with E-state index in [4.69, 9.17) is 9.84 Å². The summed E-state index contributed by atoms with van der Waals surface area (Å²) in [6, 6.07) is -0.355. The van der Waals surface area contributed by atoms with Crippen LogP contribution in [0.15, 0.2) is 11.8 Å². The van der Waals surface area contributed by atoms with E-state index in [1.165, 1.54) is 13.3 Å². The lowest BCUT2D eigenvalue weighted by Crippen LogP contribution is -2.43. The van der Waals surface area contributed by atoms with Crippen LogP contribution in [0.4, 0.5) is 4.79 Å². The second kappa shape index (κ2) is 3.90. The fraction of sp³-hybridized carbons (Fsp3) is 0.429. The summed E-state index contributed by atoms with van der Waals surface area (Å²) in [6.45, 7) is 0.0942. The summed E-state index contributed by atoms with van der Waals surface area (Å²) in [4.78, 5) is 22.7. The van der Waals surface area contributed by atoms with Crippen LogP contribution in [0.1, 0.15) is 0 Å². The van der Waals surface area contributed by atoms with E-state index in [0.29, 0.717) is 0 Å². The third-order valence-corrected chi connectivity index (χ3v) is 1.55. The Morgan fingerprint density at radius 1 is 1.85 bits per heavy atom. The molecule has 0 fully saturated rings. The third kappa shape index (κ3) is 2.19. The Balaban J connectivity index is 2.74. The molecular formula is C7H10N2O4. The van der Waals surface area contributed by atoms with Crippen LogP contribution < -0.4 is 5.32 Å². The number of urea groups is 1. The third-order valence-electron chi connectivity index (χ3n) is 1.55. The molecule has 0 aromatic carbocycles. The Morgan fingerprint density at radius 3 is 3.08 bits per heavy atom. The molecule has 2 amide bonds. The topological polar surface area (TPSA) is 78.9 Å². The van der Waals surface area contributed by atoms with Gasteiger partial charge in [-0.3, -0.25) is 4.90 Å². The van der Waals surface area contributed by atoms with E-state index in [2.05, 4.69) is 5.32 Å². The first-order valence-corrected chi connectivity index (χ1v) is 3.62. The van der Waals surface area contributed by atoms with Crippen LogP contribution in [0.3, 0.4) is 0 Å². The second-order valence-corrected chi connectivity index (χ2v) is 2.51. The zero-order valence-electron chi connectivity index (χ0n) is 7.11. The maximum Gasteiger partial charge on any atom is 0.334 e. The fourth-order valence-corrected chi connectivity index (χ4v) is 0.931. The molecule has 2 N–H and O–H groups in total. The normalized spacial score (nSPS) is 16.5. The number of carboxylic acid groups (broad SMARTS) is 1. The van der Waals surface area contributed by atoms with E-state index < -0.39 is 5.97 Å². The molecule has 0 unspecified atom stereocenters. The van der Waals surface area contributed by atoms with Crippen LogP contribution in [0, 0.1) is 0 Å². The molecule has 1 rings (SSSR count). The second-order valence-electron chi connectivity index (χ2n) is 2.51. The van der Waals surface area contributed by atoms with Crippen molar-refractivity contribution in [3.05, 3.63) is 11.8 Å². The van der Waals surface area contributed by atoms with E-state index in [1.807, 2.05) is 0 Å². The molecule has 13 heavy (non-hydrogen) atoms. The standard InChI is InChI=1S/C7H10N2O4/c1-13-4-9-3-5(6(10)11)2-8-7(9)12/h3H,2,4H2,1H3,(H,8,12)(H,10,11). The Kier molecular flexibility index (Phi) is 2.86. The summed E-state index contributed by atoms with van der Waals surface area (Å²) in [7, 11) is 1.43. The van der Waals surface area contributed by atoms with Gasteiger partial charge in [0.2, 0.25) is 0 Å². The largest absolute Gasteiger partial charge is 0.478 e. The lowest BCUT2D eigenvalue weighted by Gasteiger charge is -2.23. The monoisotopic (exact) mass is 186 g/mol. The molecule has 1 aliphatic heterocycles. The number of carbonyl (C=O) groups is 2. The van der Waals surface area contributed by atoms with E-state index in [-0.39, 0.29) is 24.9 Å². The minimum atomic E-state index is -1.04. The van der Waals surface area contributed by atoms with Crippen molar-refractivity contribution in [1.29, 1.82) is 0 Å². The highest BCUT2D eigenvalue weighted by molar-refractivity contribution is 5.90. The number of carbonyl (C=O) groups excluding carboxylic acids is 1. The van der Waals surface area contributed by atoms with Gasteiger partial charge in [-0.05, 0) is 0 Å². The Hall–Kier alpha value is -1.56. The van der Waals surface area contributed by atoms with Gasteiger partial charge < -0.3 is 15.2 Å². The smallest absolute Gasteiger partial charge is 0.334 e. The summed E-state index contributed by atoms with van der Waals surface area (Å²) < 4.78 is 4.71. The number of hydrogen-bond acceptors (Lipinski definition) is 3. The van der Waals surface area contributed by atoms with E-state index >= 15 is 0 Å². The molecule has 0 bridgehead atoms. The van der Waals surface area contributed by atoms with Crippen molar-refractivity contribution in [2.45, 2.75) is 0 Å². The highest BCUT2D eigenvalue weighted by Crippen LogP contribution is 2.04. The molecular weight excluding hydrogens is 176 g/mol. The van der Waals surface area contributed by atoms with Crippen LogP contribution in [0.2, 0.25) is 0 Å². The molecule has 0 atom stereocenters. The lowest BCUT2D eigenvalue weighted by molar-refractivity contribution is -0.132. The average molecular weight is 186 g/mol. The first-order valence-electron chi connectivity index (χ1n) is 3.62. The molecule has 0 aromatic rings. The van der Waals surface area contributed by atoms with Gasteiger partial charge in [0, 0.05) is 13.3 Å². The summed E-state index contributed by atoms with van der Waals surface area (Å²) in [6.07, 6.45) is 1.27. The van der Waals surface area contributed by atoms with Crippen LogP contribution in [-0.2, 0) is 9.53 Å². The number of rotatable bonds is 3.